The second-order valence-corrected chi connectivity index (χ2v) is 6.05. The van der Waals surface area contributed by atoms with Crippen molar-refractivity contribution in [2.45, 2.75) is 6.54 Å². The Kier molecular flexibility index (Phi) is 4.88. The smallest absolute Gasteiger partial charge is 0.272 e. The Morgan fingerprint density at radius 3 is 2.61 bits per heavy atom. The molecule has 6 nitrogen and oxygen atoms in total. The van der Waals surface area contributed by atoms with Crippen LogP contribution in [0.2, 0.25) is 0 Å². The summed E-state index contributed by atoms with van der Waals surface area (Å²) >= 11 is 0. The van der Waals surface area contributed by atoms with E-state index >= 15 is 0 Å². The van der Waals surface area contributed by atoms with Gasteiger partial charge in [-0.3, -0.25) is 14.8 Å². The predicted molar refractivity (Wildman–Crippen MR) is 102 cm³/mol. The van der Waals surface area contributed by atoms with Gasteiger partial charge in [-0.15, -0.1) is 0 Å². The van der Waals surface area contributed by atoms with Crippen LogP contribution >= 0.6 is 0 Å². The molecule has 3 aromatic heterocycles. The van der Waals surface area contributed by atoms with Gasteiger partial charge in [0.15, 0.2) is 5.69 Å². The van der Waals surface area contributed by atoms with Gasteiger partial charge in [0.05, 0.1) is 23.6 Å². The number of carbonyl (C=O) groups excluding carboxylic acids is 1. The number of hydrogen-bond donors (Lipinski definition) is 1. The van der Waals surface area contributed by atoms with E-state index in [1.165, 1.54) is 12.1 Å². The van der Waals surface area contributed by atoms with Crippen molar-refractivity contribution in [2.75, 3.05) is 0 Å². The molecular weight excluding hydrogens is 357 g/mol. The van der Waals surface area contributed by atoms with Crippen molar-refractivity contribution in [3.63, 3.8) is 0 Å². The standard InChI is InChI=1S/C21H16FN5O/c22-16-6-8-18(9-7-16)27-20(15-4-3-10-23-13-15)12-19(26-27)21(28)25-14-17-5-1-2-11-24-17/h1-13H,14H2,(H,25,28). The van der Waals surface area contributed by atoms with Crippen LogP contribution in [0.25, 0.3) is 16.9 Å². The molecule has 0 unspecified atom stereocenters. The fourth-order valence-electron chi connectivity index (χ4n) is 2.76. The van der Waals surface area contributed by atoms with Gasteiger partial charge in [0.1, 0.15) is 5.82 Å². The van der Waals surface area contributed by atoms with Gasteiger partial charge in [-0.1, -0.05) is 6.07 Å². The van der Waals surface area contributed by atoms with Crippen molar-refractivity contribution < 1.29 is 9.18 Å². The lowest BCUT2D eigenvalue weighted by Gasteiger charge is -2.07. The Balaban J connectivity index is 1.66. The van der Waals surface area contributed by atoms with Crippen molar-refractivity contribution in [3.8, 4) is 16.9 Å². The number of nitrogens with zero attached hydrogens (tertiary/aromatic N) is 4. The molecule has 1 N–H and O–H groups in total. The van der Waals surface area contributed by atoms with E-state index in [4.69, 9.17) is 0 Å². The third-order valence-electron chi connectivity index (χ3n) is 4.13. The van der Waals surface area contributed by atoms with Gasteiger partial charge in [-0.2, -0.15) is 5.10 Å². The summed E-state index contributed by atoms with van der Waals surface area (Å²) in [5.74, 6) is -0.663. The lowest BCUT2D eigenvalue weighted by Crippen LogP contribution is -2.23. The highest BCUT2D eigenvalue weighted by molar-refractivity contribution is 5.93. The maximum Gasteiger partial charge on any atom is 0.272 e. The van der Waals surface area contributed by atoms with E-state index in [0.29, 0.717) is 17.9 Å². The minimum atomic E-state index is -0.341. The van der Waals surface area contributed by atoms with Crippen LogP contribution in [0.5, 0.6) is 0 Å². The predicted octanol–water partition coefficient (Wildman–Crippen LogP) is 3.40. The highest BCUT2D eigenvalue weighted by Gasteiger charge is 2.17. The number of nitrogens with one attached hydrogen (secondary N) is 1. The third kappa shape index (κ3) is 3.78. The van der Waals surface area contributed by atoms with Gasteiger partial charge >= 0.3 is 0 Å². The Morgan fingerprint density at radius 2 is 1.89 bits per heavy atom. The summed E-state index contributed by atoms with van der Waals surface area (Å²) in [6, 6.07) is 16.8. The molecule has 0 spiro atoms. The van der Waals surface area contributed by atoms with Crippen LogP contribution < -0.4 is 5.32 Å². The van der Waals surface area contributed by atoms with E-state index in [9.17, 15) is 9.18 Å². The van der Waals surface area contributed by atoms with E-state index in [1.54, 1.807) is 47.5 Å². The molecule has 0 aliphatic rings. The minimum Gasteiger partial charge on any atom is -0.345 e. The first-order valence-corrected chi connectivity index (χ1v) is 8.65. The summed E-state index contributed by atoms with van der Waals surface area (Å²) < 4.78 is 14.9. The number of hydrogen-bond acceptors (Lipinski definition) is 4. The molecule has 138 valence electrons. The Labute approximate surface area is 160 Å². The molecule has 0 aliphatic heterocycles. The molecule has 0 radical (unpaired) electrons. The van der Waals surface area contributed by atoms with E-state index in [0.717, 1.165) is 11.3 Å². The van der Waals surface area contributed by atoms with Gasteiger partial charge in [0.2, 0.25) is 0 Å². The quantitative estimate of drug-likeness (QED) is 0.582. The number of rotatable bonds is 5. The lowest BCUT2D eigenvalue weighted by molar-refractivity contribution is 0.0945. The number of benzene rings is 1. The number of pyridine rings is 2. The fourth-order valence-corrected chi connectivity index (χ4v) is 2.76. The van der Waals surface area contributed by atoms with E-state index in [1.807, 2.05) is 24.3 Å². The third-order valence-corrected chi connectivity index (χ3v) is 4.13. The first-order valence-electron chi connectivity index (χ1n) is 8.65. The van der Waals surface area contributed by atoms with Crippen molar-refractivity contribution in [1.82, 2.24) is 25.1 Å². The van der Waals surface area contributed by atoms with Crippen LogP contribution in [-0.2, 0) is 6.54 Å². The largest absolute Gasteiger partial charge is 0.345 e. The van der Waals surface area contributed by atoms with Gasteiger partial charge in [-0.05, 0) is 54.6 Å². The van der Waals surface area contributed by atoms with Crippen LogP contribution in [0, 0.1) is 5.82 Å². The summed E-state index contributed by atoms with van der Waals surface area (Å²) in [5.41, 5.74) is 3.12. The molecule has 28 heavy (non-hydrogen) atoms. The van der Waals surface area contributed by atoms with Gasteiger partial charge in [0, 0.05) is 24.2 Å². The van der Waals surface area contributed by atoms with Crippen molar-refractivity contribution in [1.29, 1.82) is 0 Å². The molecule has 0 atom stereocenters. The molecule has 3 heterocycles. The Morgan fingerprint density at radius 1 is 1.04 bits per heavy atom. The Hall–Kier alpha value is -3.87. The monoisotopic (exact) mass is 373 g/mol. The normalized spacial score (nSPS) is 10.6. The molecule has 4 aromatic rings. The summed E-state index contributed by atoms with van der Waals surface area (Å²) in [6.07, 6.45) is 5.03. The van der Waals surface area contributed by atoms with Crippen LogP contribution in [0.3, 0.4) is 0 Å². The maximum atomic E-state index is 13.3. The Bertz CT molecular complexity index is 1080. The van der Waals surface area contributed by atoms with Crippen LogP contribution in [-0.4, -0.2) is 25.7 Å². The summed E-state index contributed by atoms with van der Waals surface area (Å²) in [6.45, 7) is 0.297. The zero-order valence-corrected chi connectivity index (χ0v) is 14.8. The SMILES string of the molecule is O=C(NCc1ccccn1)c1cc(-c2cccnc2)n(-c2ccc(F)cc2)n1. The average Bonchev–Trinajstić information content (AvgIpc) is 3.19. The molecule has 1 amide bonds. The van der Waals surface area contributed by atoms with E-state index in [2.05, 4.69) is 20.4 Å². The van der Waals surface area contributed by atoms with Crippen LogP contribution in [0.4, 0.5) is 4.39 Å². The molecule has 4 rings (SSSR count). The first-order chi connectivity index (χ1) is 13.7. The molecular formula is C21H16FN5O. The number of amides is 1. The number of carbonyl (C=O) groups is 1. The minimum absolute atomic E-state index is 0.249. The van der Waals surface area contributed by atoms with Gasteiger partial charge in [-0.25, -0.2) is 9.07 Å². The highest BCUT2D eigenvalue weighted by Crippen LogP contribution is 2.23. The topological polar surface area (TPSA) is 72.7 Å². The fraction of sp³-hybridized carbons (Fsp3) is 0.0476. The van der Waals surface area contributed by atoms with E-state index in [-0.39, 0.29) is 17.4 Å². The number of halogens is 1. The molecule has 0 bridgehead atoms. The van der Waals surface area contributed by atoms with Gasteiger partial charge in [0.25, 0.3) is 5.91 Å². The maximum absolute atomic E-state index is 13.3. The second kappa shape index (κ2) is 7.79. The molecule has 0 saturated carbocycles. The second-order valence-electron chi connectivity index (χ2n) is 6.05. The van der Waals surface area contributed by atoms with Crippen molar-refractivity contribution in [2.24, 2.45) is 0 Å². The summed E-state index contributed by atoms with van der Waals surface area (Å²) in [5, 5.41) is 7.25. The summed E-state index contributed by atoms with van der Waals surface area (Å²) in [7, 11) is 0. The zero-order chi connectivity index (χ0) is 19.3. The van der Waals surface area contributed by atoms with Crippen molar-refractivity contribution in [3.05, 3.63) is 96.5 Å². The highest BCUT2D eigenvalue weighted by atomic mass is 19.1. The van der Waals surface area contributed by atoms with E-state index < -0.39 is 0 Å². The molecule has 7 heteroatoms. The lowest BCUT2D eigenvalue weighted by atomic mass is 10.2. The zero-order valence-electron chi connectivity index (χ0n) is 14.8. The van der Waals surface area contributed by atoms with Crippen LogP contribution in [0.15, 0.2) is 79.3 Å². The number of aromatic nitrogens is 4. The molecule has 0 aliphatic carbocycles. The average molecular weight is 373 g/mol. The first kappa shape index (κ1) is 17.5. The van der Waals surface area contributed by atoms with Crippen LogP contribution in [0.1, 0.15) is 16.2 Å². The summed E-state index contributed by atoms with van der Waals surface area (Å²) in [4.78, 5) is 20.9. The van der Waals surface area contributed by atoms with Gasteiger partial charge < -0.3 is 5.32 Å². The van der Waals surface area contributed by atoms with Crippen molar-refractivity contribution >= 4 is 5.91 Å². The molecule has 0 fully saturated rings. The molecule has 0 saturated heterocycles. The molecule has 1 aromatic carbocycles.